The second-order valence-corrected chi connectivity index (χ2v) is 9.75. The molecule has 2 aromatic carbocycles. The maximum atomic E-state index is 13.2. The normalized spacial score (nSPS) is 16.0. The molecule has 1 heterocycles. The van der Waals surface area contributed by atoms with Crippen molar-refractivity contribution in [2.24, 2.45) is 0 Å². The molecule has 1 atom stereocenters. The van der Waals surface area contributed by atoms with E-state index in [-0.39, 0.29) is 10.8 Å². The molecule has 0 saturated carbocycles. The van der Waals surface area contributed by atoms with Crippen molar-refractivity contribution in [3.05, 3.63) is 53.6 Å². The Labute approximate surface area is 184 Å². The summed E-state index contributed by atoms with van der Waals surface area (Å²) >= 11 is 0. The van der Waals surface area contributed by atoms with Crippen LogP contribution in [-0.4, -0.2) is 37.8 Å². The predicted molar refractivity (Wildman–Crippen MR) is 121 cm³/mol. The van der Waals surface area contributed by atoms with Crippen LogP contribution in [0.4, 0.5) is 11.4 Å². The number of rotatable bonds is 6. The Kier molecular flexibility index (Phi) is 7.31. The number of aryl methyl sites for hydroxylation is 1. The van der Waals surface area contributed by atoms with Crippen LogP contribution in [0, 0.1) is 18.3 Å². The zero-order valence-corrected chi connectivity index (χ0v) is 18.7. The third kappa shape index (κ3) is 5.63. The molecule has 31 heavy (non-hydrogen) atoms. The molecule has 1 fully saturated rings. The summed E-state index contributed by atoms with van der Waals surface area (Å²) in [5, 5.41) is 14.9. The summed E-state index contributed by atoms with van der Waals surface area (Å²) in [6.45, 7) is 4.57. The predicted octanol–water partition coefficient (Wildman–Crippen LogP) is 3.87. The fourth-order valence-corrected chi connectivity index (χ4v) is 5.39. The summed E-state index contributed by atoms with van der Waals surface area (Å²) in [5.74, 6) is -0.285. The maximum absolute atomic E-state index is 13.2. The topological polar surface area (TPSA) is 102 Å². The first-order valence-electron chi connectivity index (χ1n) is 10.5. The van der Waals surface area contributed by atoms with Gasteiger partial charge in [0.05, 0.1) is 16.5 Å². The van der Waals surface area contributed by atoms with Crippen LogP contribution in [0.3, 0.4) is 0 Å². The van der Waals surface area contributed by atoms with E-state index in [1.54, 1.807) is 60.6 Å². The maximum Gasteiger partial charge on any atom is 0.246 e. The molecule has 3 rings (SSSR count). The summed E-state index contributed by atoms with van der Waals surface area (Å²) in [4.78, 5) is 12.8. The number of carbonyl (C=O) groups excluding carboxylic acids is 1. The fourth-order valence-electron chi connectivity index (χ4n) is 3.62. The van der Waals surface area contributed by atoms with Crippen molar-refractivity contribution in [1.29, 1.82) is 5.26 Å². The highest BCUT2D eigenvalue weighted by molar-refractivity contribution is 7.89. The van der Waals surface area contributed by atoms with Gasteiger partial charge in [-0.2, -0.15) is 9.57 Å². The Balaban J connectivity index is 1.74. The zero-order valence-electron chi connectivity index (χ0n) is 17.9. The van der Waals surface area contributed by atoms with Crippen molar-refractivity contribution < 1.29 is 13.2 Å². The number of amides is 1. The van der Waals surface area contributed by atoms with Crippen LogP contribution in [0.1, 0.15) is 43.7 Å². The Morgan fingerprint density at radius 1 is 1.06 bits per heavy atom. The van der Waals surface area contributed by atoms with Crippen molar-refractivity contribution in [3.8, 4) is 6.07 Å². The quantitative estimate of drug-likeness (QED) is 0.710. The zero-order chi connectivity index (χ0) is 22.4. The van der Waals surface area contributed by atoms with E-state index in [0.717, 1.165) is 25.7 Å². The van der Waals surface area contributed by atoms with E-state index in [1.165, 1.54) is 0 Å². The Bertz CT molecular complexity index is 1080. The third-order valence-electron chi connectivity index (χ3n) is 5.41. The molecule has 0 radical (unpaired) electrons. The molecule has 0 bridgehead atoms. The monoisotopic (exact) mass is 440 g/mol. The minimum absolute atomic E-state index is 0.272. The number of sulfonamides is 1. The van der Waals surface area contributed by atoms with Crippen molar-refractivity contribution in [2.45, 2.75) is 50.5 Å². The molecule has 0 unspecified atom stereocenters. The van der Waals surface area contributed by atoms with Crippen molar-refractivity contribution >= 4 is 27.3 Å². The molecule has 2 N–H and O–H groups in total. The highest BCUT2D eigenvalue weighted by Crippen LogP contribution is 2.26. The lowest BCUT2D eigenvalue weighted by atomic mass is 10.2. The van der Waals surface area contributed by atoms with Gasteiger partial charge in [0, 0.05) is 24.5 Å². The molecular weight excluding hydrogens is 412 g/mol. The van der Waals surface area contributed by atoms with Gasteiger partial charge in [-0.1, -0.05) is 25.0 Å². The Morgan fingerprint density at radius 3 is 2.45 bits per heavy atom. The van der Waals surface area contributed by atoms with E-state index in [9.17, 15) is 13.2 Å². The van der Waals surface area contributed by atoms with Crippen LogP contribution < -0.4 is 10.6 Å². The fraction of sp³-hybridized carbons (Fsp3) is 0.391. The van der Waals surface area contributed by atoms with Gasteiger partial charge in [-0.05, 0) is 62.6 Å². The molecule has 8 heteroatoms. The van der Waals surface area contributed by atoms with Crippen LogP contribution in [0.2, 0.25) is 0 Å². The average molecular weight is 441 g/mol. The van der Waals surface area contributed by atoms with Gasteiger partial charge in [-0.25, -0.2) is 8.42 Å². The van der Waals surface area contributed by atoms with E-state index in [0.29, 0.717) is 35.6 Å². The molecule has 0 aliphatic carbocycles. The number of nitriles is 1. The molecule has 1 aliphatic rings. The molecule has 2 aromatic rings. The van der Waals surface area contributed by atoms with Crippen LogP contribution in [0.5, 0.6) is 0 Å². The minimum atomic E-state index is -3.59. The van der Waals surface area contributed by atoms with Crippen molar-refractivity contribution in [3.63, 3.8) is 0 Å². The van der Waals surface area contributed by atoms with E-state index in [2.05, 4.69) is 10.6 Å². The summed E-state index contributed by atoms with van der Waals surface area (Å²) in [7, 11) is -3.59. The van der Waals surface area contributed by atoms with Gasteiger partial charge in [-0.3, -0.25) is 4.79 Å². The summed E-state index contributed by atoms with van der Waals surface area (Å²) < 4.78 is 28.0. The number of anilines is 2. The van der Waals surface area contributed by atoms with Gasteiger partial charge in [0.15, 0.2) is 0 Å². The first-order chi connectivity index (χ1) is 14.8. The van der Waals surface area contributed by atoms with Crippen LogP contribution >= 0.6 is 0 Å². The third-order valence-corrected chi connectivity index (χ3v) is 7.45. The molecule has 1 saturated heterocycles. The van der Waals surface area contributed by atoms with E-state index in [4.69, 9.17) is 5.26 Å². The Hall–Kier alpha value is -2.89. The molecule has 0 aromatic heterocycles. The van der Waals surface area contributed by atoms with Gasteiger partial charge in [0.25, 0.3) is 0 Å². The summed E-state index contributed by atoms with van der Waals surface area (Å²) in [5.41, 5.74) is 2.24. The Morgan fingerprint density at radius 2 is 1.77 bits per heavy atom. The molecule has 0 spiro atoms. The minimum Gasteiger partial charge on any atom is -0.374 e. The van der Waals surface area contributed by atoms with Crippen LogP contribution in [-0.2, 0) is 14.8 Å². The lowest BCUT2D eigenvalue weighted by Crippen LogP contribution is -2.33. The average Bonchev–Trinajstić information content (AvgIpc) is 3.05. The SMILES string of the molecule is Cc1ccc(N[C@@H](C)C(=O)Nc2cccc(C#N)c2)cc1S(=O)(=O)N1CCCCCC1. The number of nitrogens with one attached hydrogen (secondary N) is 2. The van der Waals surface area contributed by atoms with Gasteiger partial charge in [0.1, 0.15) is 6.04 Å². The number of nitrogens with zero attached hydrogens (tertiary/aromatic N) is 2. The summed E-state index contributed by atoms with van der Waals surface area (Å²) in [6.07, 6.45) is 3.86. The smallest absolute Gasteiger partial charge is 0.246 e. The van der Waals surface area contributed by atoms with Crippen molar-refractivity contribution in [1.82, 2.24) is 4.31 Å². The standard InChI is InChI=1S/C23H28N4O3S/c1-17-10-11-21(15-22(17)31(29,30)27-12-5-3-4-6-13-27)25-18(2)23(28)26-20-9-7-8-19(14-20)16-24/h7-11,14-15,18,25H,3-6,12-13H2,1-2H3,(H,26,28)/t18-/m0/s1. The number of hydrogen-bond donors (Lipinski definition) is 2. The van der Waals surface area contributed by atoms with E-state index in [1.807, 2.05) is 6.07 Å². The number of hydrogen-bond acceptors (Lipinski definition) is 5. The second kappa shape index (κ2) is 9.94. The van der Waals surface area contributed by atoms with Gasteiger partial charge < -0.3 is 10.6 Å². The molecule has 164 valence electrons. The van der Waals surface area contributed by atoms with Gasteiger partial charge >= 0.3 is 0 Å². The van der Waals surface area contributed by atoms with Crippen molar-refractivity contribution in [2.75, 3.05) is 23.7 Å². The number of benzene rings is 2. The molecule has 1 amide bonds. The van der Waals surface area contributed by atoms with Gasteiger partial charge in [0.2, 0.25) is 15.9 Å². The summed E-state index contributed by atoms with van der Waals surface area (Å²) in [6, 6.07) is 13.2. The highest BCUT2D eigenvalue weighted by atomic mass is 32.2. The first kappa shape index (κ1) is 22.8. The molecule has 7 nitrogen and oxygen atoms in total. The number of carbonyl (C=O) groups is 1. The second-order valence-electron chi connectivity index (χ2n) is 7.85. The van der Waals surface area contributed by atoms with E-state index < -0.39 is 16.1 Å². The van der Waals surface area contributed by atoms with E-state index >= 15 is 0 Å². The van der Waals surface area contributed by atoms with Gasteiger partial charge in [-0.15, -0.1) is 0 Å². The largest absolute Gasteiger partial charge is 0.374 e. The van der Waals surface area contributed by atoms with Crippen LogP contribution in [0.15, 0.2) is 47.4 Å². The first-order valence-corrected chi connectivity index (χ1v) is 11.9. The highest BCUT2D eigenvalue weighted by Gasteiger charge is 2.27. The van der Waals surface area contributed by atoms with Crippen LogP contribution in [0.25, 0.3) is 0 Å². The molecule has 1 aliphatic heterocycles. The lowest BCUT2D eigenvalue weighted by molar-refractivity contribution is -0.116. The molecular formula is C23H28N4O3S. The lowest BCUT2D eigenvalue weighted by Gasteiger charge is -2.22.